The maximum atomic E-state index is 12.9. The highest BCUT2D eigenvalue weighted by atomic mass is 35.5. The van der Waals surface area contributed by atoms with Gasteiger partial charge in [-0.05, 0) is 42.8 Å². The lowest BCUT2D eigenvalue weighted by atomic mass is 10.0. The molecule has 0 radical (unpaired) electrons. The minimum atomic E-state index is -4.51. The Morgan fingerprint density at radius 2 is 1.84 bits per heavy atom. The Morgan fingerprint density at radius 1 is 1.16 bits per heavy atom. The molecule has 1 unspecified atom stereocenters. The molecule has 1 aliphatic rings. The lowest BCUT2D eigenvalue weighted by Crippen LogP contribution is -2.40. The summed E-state index contributed by atoms with van der Waals surface area (Å²) in [6, 6.07) is 7.61. The fourth-order valence-electron chi connectivity index (χ4n) is 3.12. The van der Waals surface area contributed by atoms with Gasteiger partial charge >= 0.3 is 6.18 Å². The molecule has 0 spiro atoms. The van der Waals surface area contributed by atoms with Crippen LogP contribution in [-0.2, 0) is 20.9 Å². The molecule has 1 fully saturated rings. The summed E-state index contributed by atoms with van der Waals surface area (Å²) in [5.74, 6) is -0.700. The van der Waals surface area contributed by atoms with Gasteiger partial charge in [0.25, 0.3) is 5.91 Å². The number of nitrogens with one attached hydrogen (secondary N) is 1. The van der Waals surface area contributed by atoms with Gasteiger partial charge in [0.2, 0.25) is 10.0 Å². The van der Waals surface area contributed by atoms with Crippen molar-refractivity contribution in [3.05, 3.63) is 64.2 Å². The minimum Gasteiger partial charge on any atom is -0.379 e. The van der Waals surface area contributed by atoms with E-state index in [2.05, 4.69) is 5.32 Å². The third-order valence-electron chi connectivity index (χ3n) is 4.85. The fraction of sp³-hybridized carbons (Fsp3) is 0.350. The van der Waals surface area contributed by atoms with Crippen molar-refractivity contribution in [1.29, 1.82) is 0 Å². The van der Waals surface area contributed by atoms with E-state index < -0.39 is 33.7 Å². The van der Waals surface area contributed by atoms with E-state index in [0.29, 0.717) is 0 Å². The standard InChI is InChI=1S/C20H20ClF3N2O4S/c1-13(14-3-2-4-15(11-14)20(22,23)24)25-19(27)17-12-16(5-6-18(17)21)31(28,29)26-7-9-30-10-8-26/h2-6,11-13H,7-10H2,1H3,(H,25,27). The molecule has 31 heavy (non-hydrogen) atoms. The molecule has 0 aromatic heterocycles. The third kappa shape index (κ3) is 5.38. The van der Waals surface area contributed by atoms with Crippen LogP contribution in [0.5, 0.6) is 0 Å². The maximum Gasteiger partial charge on any atom is 0.416 e. The van der Waals surface area contributed by atoms with Gasteiger partial charge in [0, 0.05) is 13.1 Å². The molecule has 2 aromatic rings. The predicted octanol–water partition coefficient (Wildman–Crippen LogP) is 3.87. The number of hydrogen-bond acceptors (Lipinski definition) is 4. The average molecular weight is 477 g/mol. The summed E-state index contributed by atoms with van der Waals surface area (Å²) in [5, 5.41) is 2.59. The van der Waals surface area contributed by atoms with Crippen molar-refractivity contribution >= 4 is 27.5 Å². The zero-order chi connectivity index (χ0) is 22.8. The highest BCUT2D eigenvalue weighted by Gasteiger charge is 2.31. The molecule has 1 atom stereocenters. The third-order valence-corrected chi connectivity index (χ3v) is 7.08. The largest absolute Gasteiger partial charge is 0.416 e. The Kier molecular flexibility index (Phi) is 6.95. The van der Waals surface area contributed by atoms with E-state index in [1.54, 1.807) is 0 Å². The highest BCUT2D eigenvalue weighted by Crippen LogP contribution is 2.31. The van der Waals surface area contributed by atoms with E-state index >= 15 is 0 Å². The summed E-state index contributed by atoms with van der Waals surface area (Å²) in [6.45, 7) is 2.46. The van der Waals surface area contributed by atoms with Crippen molar-refractivity contribution in [2.75, 3.05) is 26.3 Å². The quantitative estimate of drug-likeness (QED) is 0.710. The van der Waals surface area contributed by atoms with Crippen LogP contribution in [0.3, 0.4) is 0 Å². The molecule has 1 N–H and O–H groups in total. The second kappa shape index (κ2) is 9.15. The topological polar surface area (TPSA) is 75.7 Å². The normalized spacial score (nSPS) is 16.7. The van der Waals surface area contributed by atoms with Crippen LogP contribution in [0.1, 0.15) is 34.5 Å². The van der Waals surface area contributed by atoms with Crippen LogP contribution < -0.4 is 5.32 Å². The molecular formula is C20H20ClF3N2O4S. The van der Waals surface area contributed by atoms with E-state index in [4.69, 9.17) is 16.3 Å². The second-order valence-corrected chi connectivity index (χ2v) is 9.32. The van der Waals surface area contributed by atoms with Gasteiger partial charge < -0.3 is 10.1 Å². The van der Waals surface area contributed by atoms with Crippen molar-refractivity contribution in [2.45, 2.75) is 24.0 Å². The second-order valence-electron chi connectivity index (χ2n) is 6.98. The number of morpholine rings is 1. The minimum absolute atomic E-state index is 0.0228. The Labute approximate surface area is 183 Å². The van der Waals surface area contributed by atoms with Crippen molar-refractivity contribution in [3.63, 3.8) is 0 Å². The molecule has 1 saturated heterocycles. The van der Waals surface area contributed by atoms with Crippen LogP contribution in [-0.4, -0.2) is 44.9 Å². The zero-order valence-electron chi connectivity index (χ0n) is 16.4. The van der Waals surface area contributed by atoms with Crippen LogP contribution in [0.4, 0.5) is 13.2 Å². The van der Waals surface area contributed by atoms with Gasteiger partial charge in [0.1, 0.15) is 0 Å². The van der Waals surface area contributed by atoms with Crippen LogP contribution in [0.25, 0.3) is 0 Å². The number of benzene rings is 2. The summed E-state index contributed by atoms with van der Waals surface area (Å²) < 4.78 is 70.9. The summed E-state index contributed by atoms with van der Waals surface area (Å²) in [5.41, 5.74) is -0.672. The average Bonchev–Trinajstić information content (AvgIpc) is 2.74. The molecule has 0 aliphatic carbocycles. The molecule has 3 rings (SSSR count). The predicted molar refractivity (Wildman–Crippen MR) is 108 cm³/mol. The van der Waals surface area contributed by atoms with Gasteiger partial charge in [0.15, 0.2) is 0 Å². The van der Waals surface area contributed by atoms with Crippen molar-refractivity contribution < 1.29 is 31.1 Å². The smallest absolute Gasteiger partial charge is 0.379 e. The van der Waals surface area contributed by atoms with Gasteiger partial charge in [0.05, 0.1) is 40.3 Å². The zero-order valence-corrected chi connectivity index (χ0v) is 18.0. The lowest BCUT2D eigenvalue weighted by Gasteiger charge is -2.26. The number of nitrogens with zero attached hydrogens (tertiary/aromatic N) is 1. The number of carbonyl (C=O) groups is 1. The Hall–Kier alpha value is -2.14. The van der Waals surface area contributed by atoms with Crippen LogP contribution >= 0.6 is 11.6 Å². The molecule has 1 aliphatic heterocycles. The maximum absolute atomic E-state index is 12.9. The molecule has 1 heterocycles. The molecule has 11 heteroatoms. The van der Waals surface area contributed by atoms with Gasteiger partial charge in [-0.3, -0.25) is 4.79 Å². The number of ether oxygens (including phenoxy) is 1. The lowest BCUT2D eigenvalue weighted by molar-refractivity contribution is -0.137. The number of sulfonamides is 1. The Morgan fingerprint density at radius 3 is 2.48 bits per heavy atom. The molecule has 168 valence electrons. The van der Waals surface area contributed by atoms with Crippen LogP contribution in [0, 0.1) is 0 Å². The molecule has 1 amide bonds. The van der Waals surface area contributed by atoms with Crippen LogP contribution in [0.15, 0.2) is 47.4 Å². The van der Waals surface area contributed by atoms with E-state index in [1.807, 2.05) is 0 Å². The molecule has 2 aromatic carbocycles. The van der Waals surface area contributed by atoms with Gasteiger partial charge in [-0.2, -0.15) is 17.5 Å². The summed E-state index contributed by atoms with van der Waals surface area (Å²) in [7, 11) is -3.85. The molecule has 6 nitrogen and oxygen atoms in total. The van der Waals surface area contributed by atoms with E-state index in [1.165, 1.54) is 41.6 Å². The first-order valence-corrected chi connectivity index (χ1v) is 11.2. The monoisotopic (exact) mass is 476 g/mol. The number of rotatable bonds is 5. The van der Waals surface area contributed by atoms with Gasteiger partial charge in [-0.1, -0.05) is 23.7 Å². The molecular weight excluding hydrogens is 457 g/mol. The Bertz CT molecular complexity index is 1070. The summed E-state index contributed by atoms with van der Waals surface area (Å²) >= 11 is 6.10. The van der Waals surface area contributed by atoms with Gasteiger partial charge in [-0.25, -0.2) is 8.42 Å². The first-order valence-electron chi connectivity index (χ1n) is 9.35. The van der Waals surface area contributed by atoms with E-state index in [9.17, 15) is 26.4 Å². The van der Waals surface area contributed by atoms with E-state index in [-0.39, 0.29) is 47.3 Å². The first kappa shape index (κ1) is 23.5. The van der Waals surface area contributed by atoms with E-state index in [0.717, 1.165) is 12.1 Å². The fourth-order valence-corrected chi connectivity index (χ4v) is 4.76. The van der Waals surface area contributed by atoms with Crippen LogP contribution in [0.2, 0.25) is 5.02 Å². The number of hydrogen-bond donors (Lipinski definition) is 1. The highest BCUT2D eigenvalue weighted by molar-refractivity contribution is 7.89. The molecule has 0 bridgehead atoms. The van der Waals surface area contributed by atoms with Crippen molar-refractivity contribution in [2.24, 2.45) is 0 Å². The van der Waals surface area contributed by atoms with Gasteiger partial charge in [-0.15, -0.1) is 0 Å². The SMILES string of the molecule is CC(NC(=O)c1cc(S(=O)(=O)N2CCOCC2)ccc1Cl)c1cccc(C(F)(F)F)c1. The van der Waals surface area contributed by atoms with Crippen molar-refractivity contribution in [3.8, 4) is 0 Å². The summed E-state index contributed by atoms with van der Waals surface area (Å²) in [4.78, 5) is 12.6. The number of halogens is 4. The number of amides is 1. The summed E-state index contributed by atoms with van der Waals surface area (Å²) in [6.07, 6.45) is -4.51. The Balaban J connectivity index is 1.83. The first-order chi connectivity index (χ1) is 14.5. The molecule has 0 saturated carbocycles. The number of alkyl halides is 3. The van der Waals surface area contributed by atoms with Crippen molar-refractivity contribution in [1.82, 2.24) is 9.62 Å². The number of carbonyl (C=O) groups excluding carboxylic acids is 1.